The van der Waals surface area contributed by atoms with Crippen molar-refractivity contribution in [3.05, 3.63) is 24.3 Å². The number of hydrogen-bond donors (Lipinski definition) is 1. The predicted octanol–water partition coefficient (Wildman–Crippen LogP) is 6.09. The van der Waals surface area contributed by atoms with Crippen LogP contribution in [0.4, 0.5) is 11.4 Å². The molecule has 3 heteroatoms. The molecule has 3 aliphatic rings. The number of benzene rings is 1. The lowest BCUT2D eigenvalue weighted by Crippen LogP contribution is -2.60. The molecule has 2 bridgehead atoms. The van der Waals surface area contributed by atoms with Crippen LogP contribution < -0.4 is 10.6 Å². The van der Waals surface area contributed by atoms with Crippen LogP contribution in [0.5, 0.6) is 0 Å². The van der Waals surface area contributed by atoms with Gasteiger partial charge in [-0.1, -0.05) is 32.9 Å². The Morgan fingerprint density at radius 1 is 0.966 bits per heavy atom. The maximum absolute atomic E-state index is 6.39. The van der Waals surface area contributed by atoms with Gasteiger partial charge in [-0.05, 0) is 88.7 Å². The summed E-state index contributed by atoms with van der Waals surface area (Å²) in [6, 6.07) is 10.8. The molecule has 2 N–H and O–H groups in total. The number of nitrogens with two attached hydrogens (primary N) is 1. The van der Waals surface area contributed by atoms with E-state index in [1.54, 1.807) is 0 Å². The average Bonchev–Trinajstić information content (AvgIpc) is 2.95. The van der Waals surface area contributed by atoms with Crippen molar-refractivity contribution in [1.29, 1.82) is 0 Å². The molecule has 3 nitrogen and oxygen atoms in total. The standard InChI is InChI=1S/C26H43N3/c1-6-28(24-10-8-7-9-23(24)27)26(5)17-21-15-16-22(18-26)29(21)20-13-11-19(12-14-20)25(2,3)4/h7-10,19-22H,6,11-18,27H2,1-5H3/t19?,20?,21-,22+,26?. The maximum atomic E-state index is 6.39. The summed E-state index contributed by atoms with van der Waals surface area (Å²) >= 11 is 0. The molecule has 0 radical (unpaired) electrons. The highest BCUT2D eigenvalue weighted by Crippen LogP contribution is 2.49. The Labute approximate surface area is 179 Å². The fourth-order valence-corrected chi connectivity index (χ4v) is 7.13. The van der Waals surface area contributed by atoms with Crippen molar-refractivity contribution < 1.29 is 0 Å². The smallest absolute Gasteiger partial charge is 0.0604 e. The lowest BCUT2D eigenvalue weighted by Gasteiger charge is -2.54. The van der Waals surface area contributed by atoms with Crippen LogP contribution in [0.1, 0.15) is 86.0 Å². The van der Waals surface area contributed by atoms with Crippen LogP contribution in [-0.2, 0) is 0 Å². The summed E-state index contributed by atoms with van der Waals surface area (Å²) < 4.78 is 0. The molecular formula is C26H43N3. The quantitative estimate of drug-likeness (QED) is 0.624. The molecule has 162 valence electrons. The predicted molar refractivity (Wildman–Crippen MR) is 125 cm³/mol. The van der Waals surface area contributed by atoms with E-state index in [2.05, 4.69) is 68.7 Å². The van der Waals surface area contributed by atoms with Gasteiger partial charge >= 0.3 is 0 Å². The van der Waals surface area contributed by atoms with Crippen LogP contribution in [0, 0.1) is 11.3 Å². The van der Waals surface area contributed by atoms with Crippen LogP contribution >= 0.6 is 0 Å². The molecule has 1 aromatic carbocycles. The number of fused-ring (bicyclic) bond motifs is 2. The molecule has 2 saturated heterocycles. The summed E-state index contributed by atoms with van der Waals surface area (Å²) in [6.45, 7) is 13.1. The van der Waals surface area contributed by atoms with Crippen LogP contribution in [0.3, 0.4) is 0 Å². The topological polar surface area (TPSA) is 32.5 Å². The van der Waals surface area contributed by atoms with E-state index < -0.39 is 0 Å². The van der Waals surface area contributed by atoms with Gasteiger partial charge in [0.1, 0.15) is 0 Å². The Balaban J connectivity index is 1.48. The number of rotatable bonds is 4. The minimum absolute atomic E-state index is 0.217. The van der Waals surface area contributed by atoms with Gasteiger partial charge in [0, 0.05) is 30.2 Å². The largest absolute Gasteiger partial charge is 0.397 e. The first-order valence-electron chi connectivity index (χ1n) is 12.1. The summed E-state index contributed by atoms with van der Waals surface area (Å²) in [5, 5.41) is 0. The molecule has 3 atom stereocenters. The van der Waals surface area contributed by atoms with E-state index in [1.807, 2.05) is 0 Å². The summed E-state index contributed by atoms with van der Waals surface area (Å²) in [5.41, 5.74) is 9.23. The Morgan fingerprint density at radius 2 is 1.52 bits per heavy atom. The number of anilines is 2. The van der Waals surface area contributed by atoms with Gasteiger partial charge in [-0.2, -0.15) is 0 Å². The van der Waals surface area contributed by atoms with E-state index in [0.717, 1.165) is 36.3 Å². The second kappa shape index (κ2) is 7.80. The van der Waals surface area contributed by atoms with Crippen LogP contribution in [-0.4, -0.2) is 35.1 Å². The van der Waals surface area contributed by atoms with Gasteiger partial charge in [0.05, 0.1) is 11.4 Å². The zero-order valence-corrected chi connectivity index (χ0v) is 19.5. The molecule has 2 heterocycles. The van der Waals surface area contributed by atoms with E-state index in [1.165, 1.54) is 57.1 Å². The number of hydrogen-bond acceptors (Lipinski definition) is 3. The van der Waals surface area contributed by atoms with E-state index in [0.29, 0.717) is 5.41 Å². The Hall–Kier alpha value is -1.22. The molecule has 0 spiro atoms. The van der Waals surface area contributed by atoms with Gasteiger partial charge in [-0.15, -0.1) is 0 Å². The van der Waals surface area contributed by atoms with Crippen LogP contribution in [0.2, 0.25) is 0 Å². The maximum Gasteiger partial charge on any atom is 0.0604 e. The highest BCUT2D eigenvalue weighted by Gasteiger charge is 2.51. The first-order valence-corrected chi connectivity index (χ1v) is 12.1. The Bertz CT molecular complexity index is 684. The highest BCUT2D eigenvalue weighted by molar-refractivity contribution is 5.68. The summed E-state index contributed by atoms with van der Waals surface area (Å²) in [6.07, 6.45) is 11.0. The fraction of sp³-hybridized carbons (Fsp3) is 0.769. The SMILES string of the molecule is CCN(c1ccccc1N)C1(C)C[C@H]2CC[C@@H](C1)N2C1CCC(C(C)(C)C)CC1. The van der Waals surface area contributed by atoms with Crippen molar-refractivity contribution in [1.82, 2.24) is 4.90 Å². The molecule has 1 aliphatic carbocycles. The van der Waals surface area contributed by atoms with Gasteiger partial charge in [0.15, 0.2) is 0 Å². The van der Waals surface area contributed by atoms with E-state index in [9.17, 15) is 0 Å². The van der Waals surface area contributed by atoms with Gasteiger partial charge < -0.3 is 10.6 Å². The number of nitrogen functional groups attached to an aromatic ring is 1. The molecule has 1 unspecified atom stereocenters. The minimum atomic E-state index is 0.217. The first kappa shape index (κ1) is 21.0. The number of piperidine rings is 1. The molecule has 4 rings (SSSR count). The van der Waals surface area contributed by atoms with Crippen molar-refractivity contribution in [2.75, 3.05) is 17.2 Å². The van der Waals surface area contributed by atoms with Gasteiger partial charge in [-0.3, -0.25) is 4.90 Å². The number of nitrogens with zero attached hydrogens (tertiary/aromatic N) is 2. The molecule has 1 aromatic rings. The minimum Gasteiger partial charge on any atom is -0.397 e. The van der Waals surface area contributed by atoms with Crippen molar-refractivity contribution in [2.45, 2.75) is 110 Å². The molecule has 29 heavy (non-hydrogen) atoms. The summed E-state index contributed by atoms with van der Waals surface area (Å²) in [5.74, 6) is 0.906. The zero-order valence-electron chi connectivity index (χ0n) is 19.5. The van der Waals surface area contributed by atoms with Crippen molar-refractivity contribution >= 4 is 11.4 Å². The van der Waals surface area contributed by atoms with E-state index >= 15 is 0 Å². The Morgan fingerprint density at radius 3 is 2.03 bits per heavy atom. The third kappa shape index (κ3) is 3.92. The second-order valence-corrected chi connectivity index (χ2v) is 11.4. The fourth-order valence-electron chi connectivity index (χ4n) is 7.13. The normalized spacial score (nSPS) is 35.6. The first-order chi connectivity index (χ1) is 13.7. The third-order valence-corrected chi connectivity index (χ3v) is 8.57. The molecule has 0 amide bonds. The van der Waals surface area contributed by atoms with E-state index in [-0.39, 0.29) is 5.54 Å². The van der Waals surface area contributed by atoms with Crippen molar-refractivity contribution in [3.8, 4) is 0 Å². The van der Waals surface area contributed by atoms with Crippen LogP contribution in [0.15, 0.2) is 24.3 Å². The van der Waals surface area contributed by atoms with Crippen molar-refractivity contribution in [2.24, 2.45) is 11.3 Å². The summed E-state index contributed by atoms with van der Waals surface area (Å²) in [7, 11) is 0. The number of para-hydroxylation sites is 2. The lowest BCUT2D eigenvalue weighted by atomic mass is 9.70. The zero-order chi connectivity index (χ0) is 20.8. The van der Waals surface area contributed by atoms with Crippen LogP contribution in [0.25, 0.3) is 0 Å². The molecule has 2 aliphatic heterocycles. The average molecular weight is 398 g/mol. The van der Waals surface area contributed by atoms with Gasteiger partial charge in [-0.25, -0.2) is 0 Å². The highest BCUT2D eigenvalue weighted by atomic mass is 15.3. The molecular weight excluding hydrogens is 354 g/mol. The Kier molecular flexibility index (Phi) is 5.65. The lowest BCUT2D eigenvalue weighted by molar-refractivity contribution is 0.0169. The molecule has 1 saturated carbocycles. The second-order valence-electron chi connectivity index (χ2n) is 11.4. The van der Waals surface area contributed by atoms with E-state index in [4.69, 9.17) is 5.73 Å². The van der Waals surface area contributed by atoms with Gasteiger partial charge in [0.2, 0.25) is 0 Å². The van der Waals surface area contributed by atoms with Crippen molar-refractivity contribution in [3.63, 3.8) is 0 Å². The monoisotopic (exact) mass is 397 g/mol. The molecule has 3 fully saturated rings. The molecule has 0 aromatic heterocycles. The summed E-state index contributed by atoms with van der Waals surface area (Å²) in [4.78, 5) is 5.60. The van der Waals surface area contributed by atoms with Gasteiger partial charge in [0.25, 0.3) is 0 Å². The third-order valence-electron chi connectivity index (χ3n) is 8.57.